The lowest BCUT2D eigenvalue weighted by atomic mass is 9.83. The zero-order chi connectivity index (χ0) is 11.9. The van der Waals surface area contributed by atoms with Crippen molar-refractivity contribution in [2.45, 2.75) is 51.0 Å². The molecule has 2 rings (SSSR count). The summed E-state index contributed by atoms with van der Waals surface area (Å²) in [5.74, 6) is 3.68. The Morgan fingerprint density at radius 1 is 1.18 bits per heavy atom. The second kappa shape index (κ2) is 7.03. The highest BCUT2D eigenvalue weighted by atomic mass is 15.2. The van der Waals surface area contributed by atoms with Crippen molar-refractivity contribution in [3.8, 4) is 12.3 Å². The Labute approximate surface area is 106 Å². The van der Waals surface area contributed by atoms with E-state index in [1.807, 2.05) is 0 Å². The van der Waals surface area contributed by atoms with Gasteiger partial charge in [0.25, 0.3) is 0 Å². The van der Waals surface area contributed by atoms with Crippen LogP contribution in [0.4, 0.5) is 0 Å². The average molecular weight is 234 g/mol. The maximum atomic E-state index is 5.37. The van der Waals surface area contributed by atoms with E-state index >= 15 is 0 Å². The molecule has 1 saturated heterocycles. The van der Waals surface area contributed by atoms with Gasteiger partial charge in [-0.3, -0.25) is 0 Å². The van der Waals surface area contributed by atoms with Crippen LogP contribution in [0.3, 0.4) is 0 Å². The van der Waals surface area contributed by atoms with Gasteiger partial charge < -0.3 is 10.2 Å². The van der Waals surface area contributed by atoms with Crippen LogP contribution in [0.25, 0.3) is 0 Å². The molecule has 1 heterocycles. The number of hydrogen-bond acceptors (Lipinski definition) is 2. The molecule has 1 N–H and O–H groups in total. The van der Waals surface area contributed by atoms with E-state index in [1.54, 1.807) is 0 Å². The summed E-state index contributed by atoms with van der Waals surface area (Å²) < 4.78 is 0. The normalized spacial score (nSPS) is 28.5. The van der Waals surface area contributed by atoms with Gasteiger partial charge in [-0.05, 0) is 38.3 Å². The topological polar surface area (TPSA) is 15.3 Å². The maximum Gasteiger partial charge on any atom is 0.0223 e. The molecule has 0 aromatic rings. The quantitative estimate of drug-likeness (QED) is 0.754. The van der Waals surface area contributed by atoms with Crippen LogP contribution in [0.5, 0.6) is 0 Å². The summed E-state index contributed by atoms with van der Waals surface area (Å²) in [6.45, 7) is 4.71. The standard InChI is InChI=1S/C15H26N2/c1-2-3-11-17-12-7-10-16-15(13-17)14-8-5-4-6-9-14/h1,14-16H,3-13H2. The van der Waals surface area contributed by atoms with Gasteiger partial charge in [0, 0.05) is 25.6 Å². The molecule has 0 aromatic heterocycles. The SMILES string of the molecule is C#CCCN1CCCNC(C2CCCCC2)C1. The number of terminal acetylenes is 1. The van der Waals surface area contributed by atoms with Crippen molar-refractivity contribution in [1.29, 1.82) is 0 Å². The summed E-state index contributed by atoms with van der Waals surface area (Å²) in [5, 5.41) is 3.76. The van der Waals surface area contributed by atoms with Crippen LogP contribution in [0.1, 0.15) is 44.9 Å². The monoisotopic (exact) mass is 234 g/mol. The zero-order valence-corrected chi connectivity index (χ0v) is 11.0. The van der Waals surface area contributed by atoms with Gasteiger partial charge in [-0.25, -0.2) is 0 Å². The van der Waals surface area contributed by atoms with Crippen LogP contribution in [0, 0.1) is 18.3 Å². The Hall–Kier alpha value is -0.520. The minimum absolute atomic E-state index is 0.718. The Bertz CT molecular complexity index is 250. The molecule has 0 radical (unpaired) electrons. The van der Waals surface area contributed by atoms with Crippen LogP contribution in [-0.2, 0) is 0 Å². The molecule has 0 spiro atoms. The molecule has 0 bridgehead atoms. The van der Waals surface area contributed by atoms with Gasteiger partial charge in [-0.1, -0.05) is 19.3 Å². The lowest BCUT2D eigenvalue weighted by molar-refractivity contribution is 0.209. The lowest BCUT2D eigenvalue weighted by Crippen LogP contribution is -2.43. The van der Waals surface area contributed by atoms with Crippen LogP contribution >= 0.6 is 0 Å². The minimum atomic E-state index is 0.718. The van der Waals surface area contributed by atoms with Crippen LogP contribution in [0.2, 0.25) is 0 Å². The third-order valence-electron chi connectivity index (χ3n) is 4.30. The van der Waals surface area contributed by atoms with E-state index in [-0.39, 0.29) is 0 Å². The summed E-state index contributed by atoms with van der Waals surface area (Å²) in [7, 11) is 0. The van der Waals surface area contributed by atoms with Crippen molar-refractivity contribution in [3.05, 3.63) is 0 Å². The first-order chi connectivity index (χ1) is 8.40. The number of nitrogens with one attached hydrogen (secondary N) is 1. The molecule has 1 unspecified atom stereocenters. The molecule has 2 heteroatoms. The average Bonchev–Trinajstić information content (AvgIpc) is 2.63. The third-order valence-corrected chi connectivity index (χ3v) is 4.30. The van der Waals surface area contributed by atoms with Crippen LogP contribution < -0.4 is 5.32 Å². The lowest BCUT2D eigenvalue weighted by Gasteiger charge is -2.32. The smallest absolute Gasteiger partial charge is 0.0223 e. The van der Waals surface area contributed by atoms with E-state index in [1.165, 1.54) is 58.2 Å². The molecule has 1 saturated carbocycles. The zero-order valence-electron chi connectivity index (χ0n) is 11.0. The minimum Gasteiger partial charge on any atom is -0.312 e. The number of hydrogen-bond donors (Lipinski definition) is 1. The van der Waals surface area contributed by atoms with Crippen molar-refractivity contribution >= 4 is 0 Å². The number of nitrogens with zero attached hydrogens (tertiary/aromatic N) is 1. The summed E-state index contributed by atoms with van der Waals surface area (Å²) in [6, 6.07) is 0.718. The fraction of sp³-hybridized carbons (Fsp3) is 0.867. The molecule has 96 valence electrons. The molecule has 1 aliphatic heterocycles. The van der Waals surface area contributed by atoms with Gasteiger partial charge >= 0.3 is 0 Å². The van der Waals surface area contributed by atoms with E-state index < -0.39 is 0 Å². The van der Waals surface area contributed by atoms with Gasteiger partial charge in [0.1, 0.15) is 0 Å². The van der Waals surface area contributed by atoms with Gasteiger partial charge in [-0.15, -0.1) is 12.3 Å². The molecule has 1 aliphatic carbocycles. The highest BCUT2D eigenvalue weighted by molar-refractivity contribution is 4.88. The van der Waals surface area contributed by atoms with Crippen LogP contribution in [-0.4, -0.2) is 37.1 Å². The summed E-state index contributed by atoms with van der Waals surface area (Å²) in [6.07, 6.45) is 14.7. The summed E-state index contributed by atoms with van der Waals surface area (Å²) >= 11 is 0. The largest absolute Gasteiger partial charge is 0.312 e. The fourth-order valence-corrected chi connectivity index (χ4v) is 3.30. The van der Waals surface area contributed by atoms with E-state index in [0.29, 0.717) is 0 Å². The van der Waals surface area contributed by atoms with Gasteiger partial charge in [-0.2, -0.15) is 0 Å². The van der Waals surface area contributed by atoms with Crippen LogP contribution in [0.15, 0.2) is 0 Å². The van der Waals surface area contributed by atoms with E-state index in [0.717, 1.165) is 24.9 Å². The van der Waals surface area contributed by atoms with Crippen molar-refractivity contribution < 1.29 is 0 Å². The molecule has 17 heavy (non-hydrogen) atoms. The molecule has 2 nitrogen and oxygen atoms in total. The molecule has 0 aromatic carbocycles. The van der Waals surface area contributed by atoms with E-state index in [4.69, 9.17) is 6.42 Å². The Morgan fingerprint density at radius 3 is 2.76 bits per heavy atom. The first kappa shape index (κ1) is 12.9. The Kier molecular flexibility index (Phi) is 5.35. The fourth-order valence-electron chi connectivity index (χ4n) is 3.30. The second-order valence-corrected chi connectivity index (χ2v) is 5.57. The highest BCUT2D eigenvalue weighted by Gasteiger charge is 2.26. The van der Waals surface area contributed by atoms with E-state index in [2.05, 4.69) is 16.1 Å². The molecular weight excluding hydrogens is 208 g/mol. The predicted octanol–water partition coefficient (Wildman–Crippen LogP) is 2.25. The Balaban J connectivity index is 1.85. The van der Waals surface area contributed by atoms with Gasteiger partial charge in [0.05, 0.1) is 0 Å². The van der Waals surface area contributed by atoms with Crippen molar-refractivity contribution in [3.63, 3.8) is 0 Å². The van der Waals surface area contributed by atoms with Gasteiger partial charge in [0.2, 0.25) is 0 Å². The Morgan fingerprint density at radius 2 is 2.00 bits per heavy atom. The molecule has 0 amide bonds. The predicted molar refractivity (Wildman–Crippen MR) is 72.9 cm³/mol. The molecule has 2 fully saturated rings. The second-order valence-electron chi connectivity index (χ2n) is 5.57. The first-order valence-electron chi connectivity index (χ1n) is 7.29. The van der Waals surface area contributed by atoms with Crippen molar-refractivity contribution in [1.82, 2.24) is 10.2 Å². The first-order valence-corrected chi connectivity index (χ1v) is 7.29. The van der Waals surface area contributed by atoms with Crippen molar-refractivity contribution in [2.24, 2.45) is 5.92 Å². The molecule has 1 atom stereocenters. The summed E-state index contributed by atoms with van der Waals surface area (Å²) in [5.41, 5.74) is 0. The maximum absolute atomic E-state index is 5.37. The highest BCUT2D eigenvalue weighted by Crippen LogP contribution is 2.27. The number of rotatable bonds is 3. The summed E-state index contributed by atoms with van der Waals surface area (Å²) in [4.78, 5) is 2.57. The van der Waals surface area contributed by atoms with Gasteiger partial charge in [0.15, 0.2) is 0 Å². The molecular formula is C15H26N2. The molecule has 2 aliphatic rings. The van der Waals surface area contributed by atoms with Crippen molar-refractivity contribution in [2.75, 3.05) is 26.2 Å². The third kappa shape index (κ3) is 4.01. The van der Waals surface area contributed by atoms with E-state index in [9.17, 15) is 0 Å².